The predicted molar refractivity (Wildman–Crippen MR) is 44.4 cm³/mol. The van der Waals surface area contributed by atoms with E-state index in [-0.39, 0.29) is 5.79 Å². The molecule has 0 unspecified atom stereocenters. The predicted octanol–water partition coefficient (Wildman–Crippen LogP) is 2.19. The largest absolute Gasteiger partial charge is 0.353 e. The summed E-state index contributed by atoms with van der Waals surface area (Å²) in [5, 5.41) is 0. The Morgan fingerprint density at radius 1 is 1.00 bits per heavy atom. The molecule has 0 aromatic carbocycles. The Morgan fingerprint density at radius 3 is 1.73 bits per heavy atom. The van der Waals surface area contributed by atoms with Crippen LogP contribution in [0, 0.1) is 5.41 Å². The second-order valence-electron chi connectivity index (χ2n) is 4.16. The van der Waals surface area contributed by atoms with E-state index in [9.17, 15) is 0 Å². The standard InChI is InChI=1S/C9H18O2/c1-8(2)5-6-9(7-8,10-3)11-4/h5-7H2,1-4H3. The number of ether oxygens (including phenoxy) is 2. The molecule has 1 aliphatic rings. The molecule has 0 bridgehead atoms. The summed E-state index contributed by atoms with van der Waals surface area (Å²) in [5.74, 6) is -0.288. The first-order chi connectivity index (χ1) is 5.04. The Hall–Kier alpha value is -0.0800. The molecule has 0 atom stereocenters. The van der Waals surface area contributed by atoms with E-state index in [2.05, 4.69) is 13.8 Å². The van der Waals surface area contributed by atoms with Gasteiger partial charge in [0.15, 0.2) is 5.79 Å². The quantitative estimate of drug-likeness (QED) is 0.573. The first kappa shape index (κ1) is 9.01. The van der Waals surface area contributed by atoms with Crippen LogP contribution in [0.3, 0.4) is 0 Å². The van der Waals surface area contributed by atoms with Crippen LogP contribution in [0.4, 0.5) is 0 Å². The summed E-state index contributed by atoms with van der Waals surface area (Å²) in [4.78, 5) is 0. The minimum Gasteiger partial charge on any atom is -0.353 e. The monoisotopic (exact) mass is 158 g/mol. The zero-order valence-corrected chi connectivity index (χ0v) is 7.94. The third kappa shape index (κ3) is 1.74. The topological polar surface area (TPSA) is 18.5 Å². The molecule has 0 saturated heterocycles. The first-order valence-electron chi connectivity index (χ1n) is 4.14. The highest BCUT2D eigenvalue weighted by molar-refractivity contribution is 4.88. The minimum absolute atomic E-state index is 0.288. The van der Waals surface area contributed by atoms with Gasteiger partial charge in [-0.25, -0.2) is 0 Å². The van der Waals surface area contributed by atoms with Crippen LogP contribution in [0.15, 0.2) is 0 Å². The fraction of sp³-hybridized carbons (Fsp3) is 1.00. The Labute approximate surface area is 68.9 Å². The van der Waals surface area contributed by atoms with E-state index in [1.54, 1.807) is 14.2 Å². The van der Waals surface area contributed by atoms with E-state index < -0.39 is 0 Å². The van der Waals surface area contributed by atoms with Crippen LogP contribution >= 0.6 is 0 Å². The second kappa shape index (κ2) is 2.76. The lowest BCUT2D eigenvalue weighted by Crippen LogP contribution is -2.31. The summed E-state index contributed by atoms with van der Waals surface area (Å²) in [6.45, 7) is 4.51. The molecule has 11 heavy (non-hydrogen) atoms. The fourth-order valence-electron chi connectivity index (χ4n) is 1.87. The van der Waals surface area contributed by atoms with E-state index >= 15 is 0 Å². The molecule has 1 aliphatic carbocycles. The molecule has 1 saturated carbocycles. The molecule has 1 fully saturated rings. The van der Waals surface area contributed by atoms with Crippen LogP contribution in [-0.4, -0.2) is 20.0 Å². The van der Waals surface area contributed by atoms with Crippen molar-refractivity contribution in [3.63, 3.8) is 0 Å². The van der Waals surface area contributed by atoms with Gasteiger partial charge in [-0.1, -0.05) is 13.8 Å². The van der Waals surface area contributed by atoms with Crippen molar-refractivity contribution in [2.24, 2.45) is 5.41 Å². The minimum atomic E-state index is -0.288. The zero-order chi connectivity index (χ0) is 8.54. The van der Waals surface area contributed by atoms with E-state index in [1.807, 2.05) is 0 Å². The van der Waals surface area contributed by atoms with Crippen molar-refractivity contribution in [3.05, 3.63) is 0 Å². The maximum absolute atomic E-state index is 5.36. The van der Waals surface area contributed by atoms with Gasteiger partial charge in [0.2, 0.25) is 0 Å². The van der Waals surface area contributed by atoms with Gasteiger partial charge in [0.25, 0.3) is 0 Å². The van der Waals surface area contributed by atoms with Crippen molar-refractivity contribution in [1.82, 2.24) is 0 Å². The van der Waals surface area contributed by atoms with Crippen LogP contribution < -0.4 is 0 Å². The normalized spacial score (nSPS) is 27.3. The average molecular weight is 158 g/mol. The van der Waals surface area contributed by atoms with E-state index in [0.29, 0.717) is 5.41 Å². The molecule has 1 rings (SSSR count). The first-order valence-corrected chi connectivity index (χ1v) is 4.14. The van der Waals surface area contributed by atoms with Crippen LogP contribution in [0.25, 0.3) is 0 Å². The Kier molecular flexibility index (Phi) is 2.26. The van der Waals surface area contributed by atoms with Crippen molar-refractivity contribution >= 4 is 0 Å². The van der Waals surface area contributed by atoms with E-state index in [0.717, 1.165) is 12.8 Å². The Morgan fingerprint density at radius 2 is 1.55 bits per heavy atom. The van der Waals surface area contributed by atoms with Gasteiger partial charge in [-0.2, -0.15) is 0 Å². The average Bonchev–Trinajstić information content (AvgIpc) is 2.28. The Balaban J connectivity index is 2.62. The summed E-state index contributed by atoms with van der Waals surface area (Å²) in [6.07, 6.45) is 3.22. The van der Waals surface area contributed by atoms with Gasteiger partial charge in [-0.15, -0.1) is 0 Å². The number of hydrogen-bond acceptors (Lipinski definition) is 2. The van der Waals surface area contributed by atoms with Crippen LogP contribution in [0.1, 0.15) is 33.1 Å². The molecule has 0 aromatic rings. The third-order valence-corrected chi connectivity index (χ3v) is 2.67. The highest BCUT2D eigenvalue weighted by Crippen LogP contribution is 2.45. The highest BCUT2D eigenvalue weighted by atomic mass is 16.7. The lowest BCUT2D eigenvalue weighted by molar-refractivity contribution is -0.204. The van der Waals surface area contributed by atoms with Gasteiger partial charge in [0.05, 0.1) is 0 Å². The molecule has 0 aliphatic heterocycles. The number of methoxy groups -OCH3 is 2. The van der Waals surface area contributed by atoms with E-state index in [4.69, 9.17) is 9.47 Å². The van der Waals surface area contributed by atoms with Crippen molar-refractivity contribution in [2.75, 3.05) is 14.2 Å². The summed E-state index contributed by atoms with van der Waals surface area (Å²) in [6, 6.07) is 0. The van der Waals surface area contributed by atoms with Crippen molar-refractivity contribution in [3.8, 4) is 0 Å². The summed E-state index contributed by atoms with van der Waals surface area (Å²) in [5.41, 5.74) is 0.381. The van der Waals surface area contributed by atoms with Gasteiger partial charge in [-0.05, 0) is 11.8 Å². The molecular formula is C9H18O2. The molecular weight excluding hydrogens is 140 g/mol. The van der Waals surface area contributed by atoms with Gasteiger partial charge in [-0.3, -0.25) is 0 Å². The molecule has 0 amide bonds. The fourth-order valence-corrected chi connectivity index (χ4v) is 1.87. The second-order valence-corrected chi connectivity index (χ2v) is 4.16. The lowest BCUT2D eigenvalue weighted by Gasteiger charge is -2.27. The van der Waals surface area contributed by atoms with Gasteiger partial charge < -0.3 is 9.47 Å². The molecule has 0 aromatic heterocycles. The summed E-state index contributed by atoms with van der Waals surface area (Å²) >= 11 is 0. The summed E-state index contributed by atoms with van der Waals surface area (Å²) in [7, 11) is 3.45. The van der Waals surface area contributed by atoms with Crippen LogP contribution in [0.5, 0.6) is 0 Å². The number of rotatable bonds is 2. The molecule has 66 valence electrons. The van der Waals surface area contributed by atoms with Crippen molar-refractivity contribution in [1.29, 1.82) is 0 Å². The van der Waals surface area contributed by atoms with Crippen LogP contribution in [-0.2, 0) is 9.47 Å². The maximum atomic E-state index is 5.36. The molecule has 2 heteroatoms. The van der Waals surface area contributed by atoms with Crippen molar-refractivity contribution < 1.29 is 9.47 Å². The SMILES string of the molecule is COC1(OC)CCC(C)(C)C1. The smallest absolute Gasteiger partial charge is 0.168 e. The zero-order valence-electron chi connectivity index (χ0n) is 7.94. The van der Waals surface area contributed by atoms with Gasteiger partial charge in [0.1, 0.15) is 0 Å². The number of hydrogen-bond donors (Lipinski definition) is 0. The van der Waals surface area contributed by atoms with E-state index in [1.165, 1.54) is 6.42 Å². The van der Waals surface area contributed by atoms with Gasteiger partial charge >= 0.3 is 0 Å². The summed E-state index contributed by atoms with van der Waals surface area (Å²) < 4.78 is 10.7. The molecule has 0 radical (unpaired) electrons. The highest BCUT2D eigenvalue weighted by Gasteiger charge is 2.43. The Bertz CT molecular complexity index is 136. The maximum Gasteiger partial charge on any atom is 0.168 e. The van der Waals surface area contributed by atoms with Gasteiger partial charge in [0, 0.05) is 27.1 Å². The molecule has 0 heterocycles. The molecule has 0 spiro atoms. The van der Waals surface area contributed by atoms with Crippen LogP contribution in [0.2, 0.25) is 0 Å². The molecule has 2 nitrogen and oxygen atoms in total. The lowest BCUT2D eigenvalue weighted by atomic mass is 9.91. The molecule has 0 N–H and O–H groups in total. The van der Waals surface area contributed by atoms with Crippen molar-refractivity contribution in [2.45, 2.75) is 38.9 Å². The third-order valence-electron chi connectivity index (χ3n) is 2.67.